The molecule has 3 heteroatoms. The Hall–Kier alpha value is -0.830. The molecule has 1 heterocycles. The summed E-state index contributed by atoms with van der Waals surface area (Å²) in [5.74, 6) is 1.54. The van der Waals surface area contributed by atoms with Gasteiger partial charge in [-0.1, -0.05) is 40.0 Å². The van der Waals surface area contributed by atoms with Crippen LogP contribution in [0, 0.1) is 11.8 Å². The van der Waals surface area contributed by atoms with Crippen molar-refractivity contribution in [3.63, 3.8) is 0 Å². The molecule has 1 unspecified atom stereocenters. The van der Waals surface area contributed by atoms with E-state index in [1.165, 1.54) is 19.3 Å². The van der Waals surface area contributed by atoms with E-state index in [0.29, 0.717) is 12.5 Å². The predicted molar refractivity (Wildman–Crippen MR) is 68.1 cm³/mol. The minimum Gasteiger partial charge on any atom is -0.396 e. The molecule has 0 bridgehead atoms. The Morgan fingerprint density at radius 3 is 2.31 bits per heavy atom. The van der Waals surface area contributed by atoms with Crippen molar-refractivity contribution in [2.24, 2.45) is 11.8 Å². The molecule has 94 valence electrons. The van der Waals surface area contributed by atoms with Crippen LogP contribution in [0.1, 0.15) is 46.5 Å². The van der Waals surface area contributed by atoms with Gasteiger partial charge in [-0.05, 0) is 18.3 Å². The molecule has 0 aliphatic heterocycles. The van der Waals surface area contributed by atoms with Crippen LogP contribution in [0.15, 0.2) is 18.7 Å². The van der Waals surface area contributed by atoms with Crippen LogP contribution in [0.25, 0.3) is 0 Å². The van der Waals surface area contributed by atoms with Crippen molar-refractivity contribution < 1.29 is 5.11 Å². The molecule has 0 spiro atoms. The fourth-order valence-electron chi connectivity index (χ4n) is 1.45. The van der Waals surface area contributed by atoms with E-state index in [4.69, 9.17) is 5.11 Å². The van der Waals surface area contributed by atoms with Gasteiger partial charge in [0.2, 0.25) is 0 Å². The minimum atomic E-state index is 0.350. The third kappa shape index (κ3) is 11.2. The molecular formula is C13H26N2O. The maximum atomic E-state index is 8.65. The second-order valence-electron chi connectivity index (χ2n) is 4.70. The number of hydrogen-bond acceptors (Lipinski definition) is 2. The molecule has 16 heavy (non-hydrogen) atoms. The number of aromatic nitrogens is 2. The first-order chi connectivity index (χ1) is 7.66. The first kappa shape index (κ1) is 15.2. The summed E-state index contributed by atoms with van der Waals surface area (Å²) in [5, 5.41) is 8.65. The van der Waals surface area contributed by atoms with E-state index < -0.39 is 0 Å². The Balaban J connectivity index is 0.000000368. The van der Waals surface area contributed by atoms with Crippen LogP contribution in [-0.2, 0) is 0 Å². The summed E-state index contributed by atoms with van der Waals surface area (Å²) in [5.41, 5.74) is 0. The average Bonchev–Trinajstić information content (AvgIpc) is 2.75. The Morgan fingerprint density at radius 1 is 1.19 bits per heavy atom. The lowest BCUT2D eigenvalue weighted by Crippen LogP contribution is -1.98. The SMILES string of the molecule is CC(C)CCCC(C)CCO.c1c[nH]cn1. The summed E-state index contributed by atoms with van der Waals surface area (Å²) in [4.78, 5) is 6.42. The molecule has 0 radical (unpaired) electrons. The maximum absolute atomic E-state index is 8.65. The predicted octanol–water partition coefficient (Wildman–Crippen LogP) is 3.24. The Morgan fingerprint density at radius 2 is 1.94 bits per heavy atom. The molecule has 0 fully saturated rings. The molecule has 1 rings (SSSR count). The summed E-state index contributed by atoms with van der Waals surface area (Å²) in [6, 6.07) is 0. The van der Waals surface area contributed by atoms with Crippen molar-refractivity contribution in [3.8, 4) is 0 Å². The van der Waals surface area contributed by atoms with Gasteiger partial charge in [-0.15, -0.1) is 0 Å². The molecule has 3 nitrogen and oxygen atoms in total. The molecule has 1 aromatic rings. The van der Waals surface area contributed by atoms with Crippen molar-refractivity contribution in [2.45, 2.75) is 46.5 Å². The number of aliphatic hydroxyl groups excluding tert-OH is 1. The van der Waals surface area contributed by atoms with Gasteiger partial charge in [0, 0.05) is 19.0 Å². The number of H-pyrrole nitrogens is 1. The van der Waals surface area contributed by atoms with E-state index in [1.807, 2.05) is 0 Å². The molecule has 2 N–H and O–H groups in total. The minimum absolute atomic E-state index is 0.350. The molecule has 0 aromatic carbocycles. The van der Waals surface area contributed by atoms with Gasteiger partial charge in [0.1, 0.15) is 0 Å². The van der Waals surface area contributed by atoms with Crippen LogP contribution < -0.4 is 0 Å². The van der Waals surface area contributed by atoms with E-state index in [2.05, 4.69) is 30.7 Å². The third-order valence-corrected chi connectivity index (χ3v) is 2.51. The quantitative estimate of drug-likeness (QED) is 0.782. The van der Waals surface area contributed by atoms with Crippen LogP contribution in [0.5, 0.6) is 0 Å². The Labute approximate surface area is 99.3 Å². The van der Waals surface area contributed by atoms with E-state index >= 15 is 0 Å². The van der Waals surface area contributed by atoms with Gasteiger partial charge in [-0.25, -0.2) is 4.98 Å². The first-order valence-electron chi connectivity index (χ1n) is 6.20. The van der Waals surface area contributed by atoms with Crippen LogP contribution in [0.3, 0.4) is 0 Å². The highest BCUT2D eigenvalue weighted by molar-refractivity contribution is 4.64. The van der Waals surface area contributed by atoms with Gasteiger partial charge in [-0.2, -0.15) is 0 Å². The molecule has 1 aromatic heterocycles. The highest BCUT2D eigenvalue weighted by Gasteiger charge is 2.01. The Bertz CT molecular complexity index is 192. The molecule has 0 saturated heterocycles. The van der Waals surface area contributed by atoms with Crippen LogP contribution in [0.4, 0.5) is 0 Å². The fraction of sp³-hybridized carbons (Fsp3) is 0.769. The van der Waals surface area contributed by atoms with Crippen LogP contribution in [-0.4, -0.2) is 21.7 Å². The molecule has 0 saturated carbocycles. The zero-order chi connectivity index (χ0) is 12.2. The lowest BCUT2D eigenvalue weighted by Gasteiger charge is -2.09. The highest BCUT2D eigenvalue weighted by Crippen LogP contribution is 2.14. The van der Waals surface area contributed by atoms with Crippen molar-refractivity contribution >= 4 is 0 Å². The van der Waals surface area contributed by atoms with E-state index in [0.717, 1.165) is 12.3 Å². The Kier molecular flexibility index (Phi) is 10.1. The number of imidazole rings is 1. The summed E-state index contributed by atoms with van der Waals surface area (Å²) in [7, 11) is 0. The van der Waals surface area contributed by atoms with Crippen LogP contribution in [0.2, 0.25) is 0 Å². The van der Waals surface area contributed by atoms with Gasteiger partial charge in [0.15, 0.2) is 0 Å². The topological polar surface area (TPSA) is 48.9 Å². The lowest BCUT2D eigenvalue weighted by molar-refractivity contribution is 0.255. The number of aromatic amines is 1. The highest BCUT2D eigenvalue weighted by atomic mass is 16.3. The summed E-state index contributed by atoms with van der Waals surface area (Å²) in [6.45, 7) is 7.09. The zero-order valence-electron chi connectivity index (χ0n) is 10.8. The van der Waals surface area contributed by atoms with Gasteiger partial charge in [0.05, 0.1) is 6.33 Å². The number of aliphatic hydroxyl groups is 1. The smallest absolute Gasteiger partial charge is 0.0919 e. The first-order valence-corrected chi connectivity index (χ1v) is 6.20. The number of nitrogens with zero attached hydrogens (tertiary/aromatic N) is 1. The summed E-state index contributed by atoms with van der Waals surface area (Å²) >= 11 is 0. The molecule has 0 amide bonds. The second kappa shape index (κ2) is 10.7. The summed E-state index contributed by atoms with van der Waals surface area (Å²) in [6.07, 6.45) is 9.98. The number of rotatable bonds is 6. The number of hydrogen-bond donors (Lipinski definition) is 2. The summed E-state index contributed by atoms with van der Waals surface area (Å²) < 4.78 is 0. The van der Waals surface area contributed by atoms with Gasteiger partial charge >= 0.3 is 0 Å². The monoisotopic (exact) mass is 226 g/mol. The zero-order valence-corrected chi connectivity index (χ0v) is 10.8. The lowest BCUT2D eigenvalue weighted by atomic mass is 9.98. The maximum Gasteiger partial charge on any atom is 0.0919 e. The van der Waals surface area contributed by atoms with Crippen molar-refractivity contribution in [1.82, 2.24) is 9.97 Å². The van der Waals surface area contributed by atoms with E-state index in [-0.39, 0.29) is 0 Å². The van der Waals surface area contributed by atoms with Gasteiger partial charge < -0.3 is 10.1 Å². The molecular weight excluding hydrogens is 200 g/mol. The van der Waals surface area contributed by atoms with Gasteiger partial charge in [-0.3, -0.25) is 0 Å². The standard InChI is InChI=1S/C10H22O.C3H4N2/c1-9(2)5-4-6-10(3)7-8-11;1-2-5-3-4-1/h9-11H,4-8H2,1-3H3;1-3H,(H,4,5). The second-order valence-corrected chi connectivity index (χ2v) is 4.70. The van der Waals surface area contributed by atoms with E-state index in [1.54, 1.807) is 18.7 Å². The molecule has 0 aliphatic rings. The molecule has 1 atom stereocenters. The fourth-order valence-corrected chi connectivity index (χ4v) is 1.45. The van der Waals surface area contributed by atoms with Gasteiger partial charge in [0.25, 0.3) is 0 Å². The van der Waals surface area contributed by atoms with Crippen LogP contribution >= 0.6 is 0 Å². The normalized spacial score (nSPS) is 12.1. The van der Waals surface area contributed by atoms with Crippen molar-refractivity contribution in [1.29, 1.82) is 0 Å². The van der Waals surface area contributed by atoms with E-state index in [9.17, 15) is 0 Å². The average molecular weight is 226 g/mol. The van der Waals surface area contributed by atoms with Crippen molar-refractivity contribution in [3.05, 3.63) is 18.7 Å². The number of nitrogens with one attached hydrogen (secondary N) is 1. The third-order valence-electron chi connectivity index (χ3n) is 2.51. The largest absolute Gasteiger partial charge is 0.396 e. The van der Waals surface area contributed by atoms with Crippen molar-refractivity contribution in [2.75, 3.05) is 6.61 Å². The molecule has 0 aliphatic carbocycles.